The number of benzene rings is 1. The van der Waals surface area contributed by atoms with Gasteiger partial charge in [-0.2, -0.15) is 0 Å². The maximum atomic E-state index is 11.8. The van der Waals surface area contributed by atoms with E-state index in [0.29, 0.717) is 12.3 Å². The topological polar surface area (TPSA) is 58.6 Å². The first-order chi connectivity index (χ1) is 10.3. The third-order valence-corrected chi connectivity index (χ3v) is 4.24. The quantitative estimate of drug-likeness (QED) is 0.879. The number of nitrogens with one attached hydrogen (secondary N) is 1. The molecule has 1 aliphatic rings. The van der Waals surface area contributed by atoms with Crippen LogP contribution in [0.3, 0.4) is 0 Å². The van der Waals surface area contributed by atoms with E-state index in [-0.39, 0.29) is 17.9 Å². The lowest BCUT2D eigenvalue weighted by Crippen LogP contribution is -2.42. The molecule has 0 spiro atoms. The molecule has 1 amide bonds. The van der Waals surface area contributed by atoms with Crippen molar-refractivity contribution in [1.29, 1.82) is 0 Å². The molecule has 0 unspecified atom stereocenters. The zero-order chi connectivity index (χ0) is 16.2. The van der Waals surface area contributed by atoms with Gasteiger partial charge in [0.1, 0.15) is 5.75 Å². The Bertz CT molecular complexity index is 496. The third-order valence-electron chi connectivity index (χ3n) is 4.24. The Morgan fingerprint density at radius 1 is 1.23 bits per heavy atom. The van der Waals surface area contributed by atoms with Crippen LogP contribution in [0.4, 0.5) is 0 Å². The highest BCUT2D eigenvalue weighted by Gasteiger charge is 2.31. The molecule has 0 radical (unpaired) electrons. The van der Waals surface area contributed by atoms with Crippen LogP contribution in [0.2, 0.25) is 0 Å². The Labute approximate surface area is 132 Å². The molecule has 1 aromatic carbocycles. The van der Waals surface area contributed by atoms with Gasteiger partial charge in [-0.1, -0.05) is 45.7 Å². The van der Waals surface area contributed by atoms with Gasteiger partial charge in [-0.05, 0) is 36.0 Å². The van der Waals surface area contributed by atoms with Gasteiger partial charge in [0.15, 0.2) is 6.61 Å². The summed E-state index contributed by atoms with van der Waals surface area (Å²) in [6, 6.07) is 7.82. The van der Waals surface area contributed by atoms with Crippen LogP contribution in [0, 0.1) is 0 Å². The van der Waals surface area contributed by atoms with Crippen molar-refractivity contribution in [3.63, 3.8) is 0 Å². The molecule has 1 saturated carbocycles. The van der Waals surface area contributed by atoms with Crippen molar-refractivity contribution in [3.8, 4) is 5.75 Å². The molecule has 1 aromatic rings. The van der Waals surface area contributed by atoms with Gasteiger partial charge in [-0.25, -0.2) is 0 Å². The van der Waals surface area contributed by atoms with Crippen LogP contribution in [0.15, 0.2) is 24.3 Å². The molecule has 0 heterocycles. The predicted molar refractivity (Wildman–Crippen MR) is 87.1 cm³/mol. The van der Waals surface area contributed by atoms with Crippen molar-refractivity contribution in [1.82, 2.24) is 5.32 Å². The zero-order valence-corrected chi connectivity index (χ0v) is 13.8. The van der Waals surface area contributed by atoms with Crippen LogP contribution >= 0.6 is 0 Å². The van der Waals surface area contributed by atoms with Crippen LogP contribution in [0.25, 0.3) is 0 Å². The van der Waals surface area contributed by atoms with Crippen molar-refractivity contribution in [3.05, 3.63) is 29.8 Å². The van der Waals surface area contributed by atoms with E-state index < -0.39 is 5.60 Å². The molecule has 0 saturated heterocycles. The number of carbonyl (C=O) groups is 1. The van der Waals surface area contributed by atoms with Crippen LogP contribution in [-0.4, -0.2) is 29.8 Å². The van der Waals surface area contributed by atoms with Gasteiger partial charge in [-0.3, -0.25) is 4.79 Å². The van der Waals surface area contributed by atoms with E-state index in [0.717, 1.165) is 25.7 Å². The number of carbonyl (C=O) groups excluding carboxylic acids is 1. The molecule has 0 aromatic heterocycles. The standard InChI is InChI=1S/C18H27NO3/c1-17(2,3)14-6-8-15(9-7-14)22-12-16(20)19-13-18(21)10-4-5-11-18/h6-9,21H,4-5,10-13H2,1-3H3,(H,19,20). The highest BCUT2D eigenvalue weighted by Crippen LogP contribution is 2.28. The van der Waals surface area contributed by atoms with E-state index in [4.69, 9.17) is 4.74 Å². The second kappa shape index (κ2) is 6.69. The number of hydrogen-bond acceptors (Lipinski definition) is 3. The van der Waals surface area contributed by atoms with Gasteiger partial charge in [0.2, 0.25) is 0 Å². The van der Waals surface area contributed by atoms with Gasteiger partial charge >= 0.3 is 0 Å². The Morgan fingerprint density at radius 2 is 1.82 bits per heavy atom. The maximum Gasteiger partial charge on any atom is 0.258 e. The van der Waals surface area contributed by atoms with Crippen molar-refractivity contribution in [2.45, 2.75) is 57.5 Å². The van der Waals surface area contributed by atoms with Crippen LogP contribution in [0.5, 0.6) is 5.75 Å². The fourth-order valence-electron chi connectivity index (χ4n) is 2.72. The largest absolute Gasteiger partial charge is 0.484 e. The summed E-state index contributed by atoms with van der Waals surface area (Å²) >= 11 is 0. The van der Waals surface area contributed by atoms with Gasteiger partial charge in [0.05, 0.1) is 5.60 Å². The van der Waals surface area contributed by atoms with Crippen molar-refractivity contribution in [2.24, 2.45) is 0 Å². The SMILES string of the molecule is CC(C)(C)c1ccc(OCC(=O)NCC2(O)CCCC2)cc1. The first kappa shape index (κ1) is 16.8. The molecular weight excluding hydrogens is 278 g/mol. The Balaban J connectivity index is 1.76. The number of aliphatic hydroxyl groups is 1. The van der Waals surface area contributed by atoms with E-state index in [9.17, 15) is 9.90 Å². The van der Waals surface area contributed by atoms with E-state index in [1.54, 1.807) is 0 Å². The number of rotatable bonds is 5. The fraction of sp³-hybridized carbons (Fsp3) is 0.611. The average molecular weight is 305 g/mol. The molecule has 122 valence electrons. The van der Waals surface area contributed by atoms with Crippen LogP contribution in [-0.2, 0) is 10.2 Å². The second-order valence-electron chi connectivity index (χ2n) is 7.27. The van der Waals surface area contributed by atoms with Crippen LogP contribution in [0.1, 0.15) is 52.0 Å². The lowest BCUT2D eigenvalue weighted by molar-refractivity contribution is -0.124. The van der Waals surface area contributed by atoms with Gasteiger partial charge in [0, 0.05) is 6.54 Å². The summed E-state index contributed by atoms with van der Waals surface area (Å²) in [4.78, 5) is 11.8. The van der Waals surface area contributed by atoms with Crippen molar-refractivity contribution >= 4 is 5.91 Å². The van der Waals surface area contributed by atoms with Crippen molar-refractivity contribution < 1.29 is 14.6 Å². The summed E-state index contributed by atoms with van der Waals surface area (Å²) in [5.74, 6) is 0.489. The first-order valence-corrected chi connectivity index (χ1v) is 8.01. The molecular formula is C18H27NO3. The minimum atomic E-state index is -0.718. The monoisotopic (exact) mass is 305 g/mol. The number of hydrogen-bond donors (Lipinski definition) is 2. The molecule has 0 bridgehead atoms. The van der Waals surface area contributed by atoms with Gasteiger partial charge in [-0.15, -0.1) is 0 Å². The second-order valence-corrected chi connectivity index (χ2v) is 7.27. The third kappa shape index (κ3) is 4.73. The average Bonchev–Trinajstić information content (AvgIpc) is 2.90. The summed E-state index contributed by atoms with van der Waals surface area (Å²) in [6.45, 7) is 6.77. The molecule has 4 nitrogen and oxygen atoms in total. The highest BCUT2D eigenvalue weighted by molar-refractivity contribution is 5.77. The van der Waals surface area contributed by atoms with E-state index >= 15 is 0 Å². The minimum absolute atomic E-state index is 0.0229. The summed E-state index contributed by atoms with van der Waals surface area (Å²) in [6.07, 6.45) is 3.59. The highest BCUT2D eigenvalue weighted by atomic mass is 16.5. The summed E-state index contributed by atoms with van der Waals surface area (Å²) in [5, 5.41) is 12.9. The molecule has 2 N–H and O–H groups in total. The fourth-order valence-corrected chi connectivity index (χ4v) is 2.72. The lowest BCUT2D eigenvalue weighted by atomic mass is 9.87. The van der Waals surface area contributed by atoms with E-state index in [1.165, 1.54) is 5.56 Å². The molecule has 0 atom stereocenters. The molecule has 4 heteroatoms. The van der Waals surface area contributed by atoms with Gasteiger partial charge in [0.25, 0.3) is 5.91 Å². The summed E-state index contributed by atoms with van der Waals surface area (Å²) < 4.78 is 5.49. The normalized spacial score (nSPS) is 17.3. The Morgan fingerprint density at radius 3 is 2.36 bits per heavy atom. The van der Waals surface area contributed by atoms with Crippen LogP contribution < -0.4 is 10.1 Å². The molecule has 2 rings (SSSR count). The molecule has 0 aliphatic heterocycles. The Kier molecular flexibility index (Phi) is 5.12. The molecule has 1 fully saturated rings. The maximum absolute atomic E-state index is 11.8. The predicted octanol–water partition coefficient (Wildman–Crippen LogP) is 2.78. The van der Waals surface area contributed by atoms with E-state index in [1.807, 2.05) is 24.3 Å². The minimum Gasteiger partial charge on any atom is -0.484 e. The summed E-state index contributed by atoms with van der Waals surface area (Å²) in [5.41, 5.74) is 0.615. The number of amides is 1. The smallest absolute Gasteiger partial charge is 0.258 e. The Hall–Kier alpha value is -1.55. The summed E-state index contributed by atoms with van der Waals surface area (Å²) in [7, 11) is 0. The number of ether oxygens (including phenoxy) is 1. The van der Waals surface area contributed by atoms with Gasteiger partial charge < -0.3 is 15.2 Å². The first-order valence-electron chi connectivity index (χ1n) is 8.01. The van der Waals surface area contributed by atoms with Crippen molar-refractivity contribution in [2.75, 3.05) is 13.2 Å². The zero-order valence-electron chi connectivity index (χ0n) is 13.8. The van der Waals surface area contributed by atoms with E-state index in [2.05, 4.69) is 26.1 Å². The molecule has 1 aliphatic carbocycles. The molecule has 22 heavy (non-hydrogen) atoms. The lowest BCUT2D eigenvalue weighted by Gasteiger charge is -2.22.